The molecule has 0 saturated heterocycles. The maximum Gasteiger partial charge on any atom is 0.313 e. The van der Waals surface area contributed by atoms with E-state index in [-0.39, 0.29) is 12.0 Å². The Labute approximate surface area is 150 Å². The van der Waals surface area contributed by atoms with Gasteiger partial charge in [-0.3, -0.25) is 4.79 Å². The Bertz CT molecular complexity index is 671. The molecule has 1 N–H and O–H groups in total. The SMILES string of the molecule is C[C@]1(C(=O)OCc2ccccc2)CCCC[C@@H]1NCc1ccccc1. The first-order valence-corrected chi connectivity index (χ1v) is 9.17. The second-order valence-corrected chi connectivity index (χ2v) is 7.14. The van der Waals surface area contributed by atoms with E-state index in [4.69, 9.17) is 4.74 Å². The molecule has 1 fully saturated rings. The van der Waals surface area contributed by atoms with Gasteiger partial charge in [0.2, 0.25) is 0 Å². The Kier molecular flexibility index (Phi) is 5.87. The fourth-order valence-electron chi connectivity index (χ4n) is 3.63. The van der Waals surface area contributed by atoms with Crippen LogP contribution in [0, 0.1) is 5.41 Å². The van der Waals surface area contributed by atoms with Crippen LogP contribution in [0.2, 0.25) is 0 Å². The van der Waals surface area contributed by atoms with Crippen LogP contribution >= 0.6 is 0 Å². The molecule has 1 aliphatic carbocycles. The van der Waals surface area contributed by atoms with Crippen molar-refractivity contribution in [3.05, 3.63) is 71.8 Å². The van der Waals surface area contributed by atoms with Crippen LogP contribution in [0.4, 0.5) is 0 Å². The Hall–Kier alpha value is -2.13. The number of ether oxygens (including phenoxy) is 1. The van der Waals surface area contributed by atoms with Gasteiger partial charge in [-0.05, 0) is 30.9 Å². The number of hydrogen-bond donors (Lipinski definition) is 1. The van der Waals surface area contributed by atoms with E-state index in [1.165, 1.54) is 5.56 Å². The maximum atomic E-state index is 12.9. The molecule has 3 nitrogen and oxygen atoms in total. The van der Waals surface area contributed by atoms with Crippen molar-refractivity contribution in [2.75, 3.05) is 0 Å². The molecule has 0 radical (unpaired) electrons. The fraction of sp³-hybridized carbons (Fsp3) is 0.409. The van der Waals surface area contributed by atoms with Gasteiger partial charge in [0, 0.05) is 12.6 Å². The van der Waals surface area contributed by atoms with Gasteiger partial charge in [0.1, 0.15) is 6.61 Å². The summed E-state index contributed by atoms with van der Waals surface area (Å²) in [4.78, 5) is 12.9. The minimum Gasteiger partial charge on any atom is -0.460 e. The molecule has 2 aromatic carbocycles. The van der Waals surface area contributed by atoms with E-state index in [1.54, 1.807) is 0 Å². The highest BCUT2D eigenvalue weighted by Crippen LogP contribution is 2.37. The van der Waals surface area contributed by atoms with Crippen molar-refractivity contribution in [2.24, 2.45) is 5.41 Å². The molecule has 0 aliphatic heterocycles. The normalized spacial score (nSPS) is 23.2. The first kappa shape index (κ1) is 17.7. The summed E-state index contributed by atoms with van der Waals surface area (Å²) in [6.45, 7) is 3.19. The third-order valence-corrected chi connectivity index (χ3v) is 5.28. The molecule has 3 heteroatoms. The third kappa shape index (κ3) is 4.49. The predicted molar refractivity (Wildman–Crippen MR) is 99.9 cm³/mol. The molecular weight excluding hydrogens is 310 g/mol. The molecule has 0 amide bonds. The van der Waals surface area contributed by atoms with Gasteiger partial charge < -0.3 is 10.1 Å². The summed E-state index contributed by atoms with van der Waals surface area (Å²) in [5.74, 6) is -0.0818. The van der Waals surface area contributed by atoms with E-state index in [9.17, 15) is 4.79 Å². The van der Waals surface area contributed by atoms with E-state index < -0.39 is 5.41 Å². The molecule has 0 heterocycles. The number of esters is 1. The van der Waals surface area contributed by atoms with E-state index in [2.05, 4.69) is 24.4 Å². The van der Waals surface area contributed by atoms with E-state index in [0.29, 0.717) is 6.61 Å². The van der Waals surface area contributed by atoms with Gasteiger partial charge in [-0.15, -0.1) is 0 Å². The Morgan fingerprint density at radius 1 is 1.04 bits per heavy atom. The van der Waals surface area contributed by atoms with Crippen molar-refractivity contribution >= 4 is 5.97 Å². The van der Waals surface area contributed by atoms with Gasteiger partial charge in [0.05, 0.1) is 5.41 Å². The summed E-state index contributed by atoms with van der Waals surface area (Å²) in [6.07, 6.45) is 4.14. The Morgan fingerprint density at radius 2 is 1.68 bits per heavy atom. The van der Waals surface area contributed by atoms with E-state index >= 15 is 0 Å². The van der Waals surface area contributed by atoms with Gasteiger partial charge >= 0.3 is 5.97 Å². The Morgan fingerprint density at radius 3 is 2.36 bits per heavy atom. The molecule has 2 aromatic rings. The lowest BCUT2D eigenvalue weighted by atomic mass is 9.71. The van der Waals surface area contributed by atoms with Gasteiger partial charge in [0.15, 0.2) is 0 Å². The smallest absolute Gasteiger partial charge is 0.313 e. The van der Waals surface area contributed by atoms with Crippen LogP contribution in [0.25, 0.3) is 0 Å². The topological polar surface area (TPSA) is 38.3 Å². The van der Waals surface area contributed by atoms with Crippen molar-refractivity contribution in [2.45, 2.75) is 51.8 Å². The van der Waals surface area contributed by atoms with E-state index in [0.717, 1.165) is 37.8 Å². The number of nitrogens with one attached hydrogen (secondary N) is 1. The van der Waals surface area contributed by atoms with Gasteiger partial charge in [-0.2, -0.15) is 0 Å². The van der Waals surface area contributed by atoms with Crippen LogP contribution in [0.1, 0.15) is 43.7 Å². The van der Waals surface area contributed by atoms with Crippen molar-refractivity contribution in [1.82, 2.24) is 5.32 Å². The fourth-order valence-corrected chi connectivity index (χ4v) is 3.63. The highest BCUT2D eigenvalue weighted by Gasteiger charge is 2.44. The molecule has 0 bridgehead atoms. The van der Waals surface area contributed by atoms with Crippen LogP contribution in [-0.2, 0) is 22.7 Å². The van der Waals surface area contributed by atoms with Crippen LogP contribution in [0.15, 0.2) is 60.7 Å². The first-order valence-electron chi connectivity index (χ1n) is 9.17. The zero-order valence-corrected chi connectivity index (χ0v) is 14.9. The van der Waals surface area contributed by atoms with Gasteiger partial charge in [-0.25, -0.2) is 0 Å². The Balaban J connectivity index is 1.62. The monoisotopic (exact) mass is 337 g/mol. The van der Waals surface area contributed by atoms with Crippen molar-refractivity contribution in [3.8, 4) is 0 Å². The summed E-state index contributed by atoms with van der Waals surface area (Å²) in [5, 5.41) is 3.61. The molecule has 3 rings (SSSR count). The maximum absolute atomic E-state index is 12.9. The molecule has 1 aliphatic rings. The minimum absolute atomic E-state index is 0.0818. The largest absolute Gasteiger partial charge is 0.460 e. The zero-order valence-electron chi connectivity index (χ0n) is 14.9. The van der Waals surface area contributed by atoms with Crippen molar-refractivity contribution in [1.29, 1.82) is 0 Å². The average molecular weight is 337 g/mol. The van der Waals surface area contributed by atoms with Crippen LogP contribution in [-0.4, -0.2) is 12.0 Å². The molecule has 0 aromatic heterocycles. The van der Waals surface area contributed by atoms with Crippen molar-refractivity contribution < 1.29 is 9.53 Å². The molecule has 2 atom stereocenters. The highest BCUT2D eigenvalue weighted by molar-refractivity contribution is 5.77. The lowest BCUT2D eigenvalue weighted by molar-refractivity contribution is -0.160. The lowest BCUT2D eigenvalue weighted by Crippen LogP contribution is -2.50. The second-order valence-electron chi connectivity index (χ2n) is 7.14. The average Bonchev–Trinajstić information content (AvgIpc) is 2.67. The number of benzene rings is 2. The summed E-state index contributed by atoms with van der Waals surface area (Å²) in [7, 11) is 0. The molecule has 132 valence electrons. The van der Waals surface area contributed by atoms with Gasteiger partial charge in [-0.1, -0.05) is 73.5 Å². The summed E-state index contributed by atoms with van der Waals surface area (Å²) >= 11 is 0. The quantitative estimate of drug-likeness (QED) is 0.791. The van der Waals surface area contributed by atoms with Crippen molar-refractivity contribution in [3.63, 3.8) is 0 Å². The van der Waals surface area contributed by atoms with E-state index in [1.807, 2.05) is 48.5 Å². The van der Waals surface area contributed by atoms with Crippen LogP contribution in [0.3, 0.4) is 0 Å². The molecular formula is C22H27NO2. The first-order chi connectivity index (χ1) is 12.2. The standard InChI is InChI=1S/C22H27NO2/c1-22(21(24)25-17-19-12-6-3-7-13-19)15-9-8-14-20(22)23-16-18-10-4-2-5-11-18/h2-7,10-13,20,23H,8-9,14-17H2,1H3/t20-,22-/m0/s1. The predicted octanol–water partition coefficient (Wildman–Crippen LogP) is 4.47. The molecule has 0 spiro atoms. The highest BCUT2D eigenvalue weighted by atomic mass is 16.5. The third-order valence-electron chi connectivity index (χ3n) is 5.28. The number of rotatable bonds is 6. The lowest BCUT2D eigenvalue weighted by Gasteiger charge is -2.39. The number of carbonyl (C=O) groups is 1. The zero-order chi connectivity index (χ0) is 17.5. The van der Waals surface area contributed by atoms with Crippen LogP contribution in [0.5, 0.6) is 0 Å². The molecule has 25 heavy (non-hydrogen) atoms. The number of hydrogen-bond acceptors (Lipinski definition) is 3. The molecule has 0 unspecified atom stereocenters. The summed E-state index contributed by atoms with van der Waals surface area (Å²) in [5.41, 5.74) is 1.82. The minimum atomic E-state index is -0.457. The van der Waals surface area contributed by atoms with Crippen LogP contribution < -0.4 is 5.32 Å². The second kappa shape index (κ2) is 8.30. The summed E-state index contributed by atoms with van der Waals surface area (Å²) in [6, 6.07) is 20.4. The van der Waals surface area contributed by atoms with Gasteiger partial charge in [0.25, 0.3) is 0 Å². The number of carbonyl (C=O) groups excluding carboxylic acids is 1. The molecule has 1 saturated carbocycles. The summed E-state index contributed by atoms with van der Waals surface area (Å²) < 4.78 is 5.67.